The Hall–Kier alpha value is -2.99. The summed E-state index contributed by atoms with van der Waals surface area (Å²) in [6.45, 7) is -0.133. The maximum atomic E-state index is 12.0. The molecule has 25 heavy (non-hydrogen) atoms. The highest BCUT2D eigenvalue weighted by Gasteiger charge is 2.05. The van der Waals surface area contributed by atoms with E-state index in [2.05, 4.69) is 10.3 Å². The van der Waals surface area contributed by atoms with Gasteiger partial charge in [-0.15, -0.1) is 0 Å². The fourth-order valence-corrected chi connectivity index (χ4v) is 3.33. The average Bonchev–Trinajstić information content (AvgIpc) is 2.95. The summed E-state index contributed by atoms with van der Waals surface area (Å²) in [6.07, 6.45) is 3.10. The van der Waals surface area contributed by atoms with Crippen LogP contribution in [0.15, 0.2) is 65.7 Å². The molecule has 126 valence electrons. The third kappa shape index (κ3) is 4.30. The van der Waals surface area contributed by atoms with E-state index in [4.69, 9.17) is 0 Å². The summed E-state index contributed by atoms with van der Waals surface area (Å²) in [5.74, 6) is -0.711. The zero-order valence-electron chi connectivity index (χ0n) is 13.7. The van der Waals surface area contributed by atoms with Crippen LogP contribution >= 0.6 is 11.3 Å². The van der Waals surface area contributed by atoms with Crippen LogP contribution in [0.2, 0.25) is 0 Å². The SMILES string of the molecule is Cn1c(=NC(=O)CNC(=O)/C=C/c2ccccc2)sc2ccccc21. The van der Waals surface area contributed by atoms with E-state index >= 15 is 0 Å². The number of para-hydroxylation sites is 1. The topological polar surface area (TPSA) is 63.5 Å². The Kier molecular flexibility index (Phi) is 5.20. The molecule has 0 fully saturated rings. The first-order chi connectivity index (χ1) is 12.1. The standard InChI is InChI=1S/C19H17N3O2S/c1-22-15-9-5-6-10-16(15)25-19(22)21-18(24)13-20-17(23)12-11-14-7-3-2-4-8-14/h2-12H,13H2,1H3,(H,20,23)/b12-11+,21-19?. The predicted octanol–water partition coefficient (Wildman–Crippen LogP) is 2.50. The molecule has 0 atom stereocenters. The lowest BCUT2D eigenvalue weighted by Gasteiger charge is -1.98. The van der Waals surface area contributed by atoms with Gasteiger partial charge in [0.2, 0.25) is 5.91 Å². The third-order valence-electron chi connectivity index (χ3n) is 3.58. The number of carbonyl (C=O) groups is 2. The summed E-state index contributed by atoms with van der Waals surface area (Å²) in [6, 6.07) is 17.3. The number of rotatable bonds is 4. The minimum Gasteiger partial charge on any atom is -0.343 e. The quantitative estimate of drug-likeness (QED) is 0.734. The first kappa shape index (κ1) is 16.9. The molecule has 0 saturated carbocycles. The van der Waals surface area contributed by atoms with Crippen LogP contribution < -0.4 is 10.1 Å². The summed E-state index contributed by atoms with van der Waals surface area (Å²) in [7, 11) is 1.87. The molecule has 3 aromatic rings. The second kappa shape index (κ2) is 7.72. The van der Waals surface area contributed by atoms with Crippen molar-refractivity contribution in [2.75, 3.05) is 6.54 Å². The smallest absolute Gasteiger partial charge is 0.267 e. The molecule has 6 heteroatoms. The third-order valence-corrected chi connectivity index (χ3v) is 4.69. The maximum absolute atomic E-state index is 12.0. The molecule has 1 N–H and O–H groups in total. The molecule has 3 rings (SSSR count). The molecule has 1 aromatic heterocycles. The predicted molar refractivity (Wildman–Crippen MR) is 99.9 cm³/mol. The van der Waals surface area contributed by atoms with Gasteiger partial charge in [-0.05, 0) is 23.8 Å². The lowest BCUT2D eigenvalue weighted by atomic mass is 10.2. The zero-order valence-corrected chi connectivity index (χ0v) is 14.5. The van der Waals surface area contributed by atoms with Gasteiger partial charge in [0, 0.05) is 13.1 Å². The van der Waals surface area contributed by atoms with Crippen LogP contribution in [-0.2, 0) is 16.6 Å². The molecule has 0 aliphatic carbocycles. The van der Waals surface area contributed by atoms with E-state index in [1.54, 1.807) is 6.08 Å². The fourth-order valence-electron chi connectivity index (χ4n) is 2.29. The second-order valence-corrected chi connectivity index (χ2v) is 6.39. The highest BCUT2D eigenvalue weighted by atomic mass is 32.1. The Morgan fingerprint density at radius 1 is 1.12 bits per heavy atom. The van der Waals surface area contributed by atoms with Crippen molar-refractivity contribution in [2.24, 2.45) is 12.0 Å². The lowest BCUT2D eigenvalue weighted by Crippen LogP contribution is -2.28. The van der Waals surface area contributed by atoms with E-state index in [1.807, 2.05) is 66.2 Å². The molecule has 0 spiro atoms. The summed E-state index contributed by atoms with van der Waals surface area (Å²) in [5, 5.41) is 2.55. The van der Waals surface area contributed by atoms with Gasteiger partial charge in [0.15, 0.2) is 4.80 Å². The molecule has 2 aromatic carbocycles. The van der Waals surface area contributed by atoms with Crippen molar-refractivity contribution in [3.05, 3.63) is 71.0 Å². The Balaban J connectivity index is 1.63. The Morgan fingerprint density at radius 3 is 2.60 bits per heavy atom. The van der Waals surface area contributed by atoms with Crippen molar-refractivity contribution in [1.82, 2.24) is 9.88 Å². The number of aryl methyl sites for hydroxylation is 1. The van der Waals surface area contributed by atoms with Gasteiger partial charge < -0.3 is 9.88 Å². The maximum Gasteiger partial charge on any atom is 0.267 e. The number of nitrogens with one attached hydrogen (secondary N) is 1. The van der Waals surface area contributed by atoms with Crippen molar-refractivity contribution >= 4 is 39.4 Å². The van der Waals surface area contributed by atoms with Gasteiger partial charge in [-0.3, -0.25) is 9.59 Å². The second-order valence-electron chi connectivity index (χ2n) is 5.38. The Bertz CT molecular complexity index is 1000. The number of thiazole rings is 1. The normalized spacial score (nSPS) is 12.0. The van der Waals surface area contributed by atoms with E-state index in [1.165, 1.54) is 17.4 Å². The lowest BCUT2D eigenvalue weighted by molar-refractivity contribution is -0.122. The van der Waals surface area contributed by atoms with Gasteiger partial charge in [0.05, 0.1) is 16.8 Å². The van der Waals surface area contributed by atoms with Gasteiger partial charge in [-0.25, -0.2) is 0 Å². The monoisotopic (exact) mass is 351 g/mol. The molecule has 0 bridgehead atoms. The van der Waals surface area contributed by atoms with Gasteiger partial charge in [-0.2, -0.15) is 4.99 Å². The van der Waals surface area contributed by atoms with Crippen molar-refractivity contribution < 1.29 is 9.59 Å². The number of hydrogen-bond donors (Lipinski definition) is 1. The van der Waals surface area contributed by atoms with Crippen molar-refractivity contribution in [3.8, 4) is 0 Å². The molecule has 0 unspecified atom stereocenters. The van der Waals surface area contributed by atoms with Crippen LogP contribution in [0.1, 0.15) is 5.56 Å². The minimum absolute atomic E-state index is 0.133. The van der Waals surface area contributed by atoms with E-state index in [-0.39, 0.29) is 18.4 Å². The zero-order chi connectivity index (χ0) is 17.6. The van der Waals surface area contributed by atoms with Crippen molar-refractivity contribution in [1.29, 1.82) is 0 Å². The van der Waals surface area contributed by atoms with E-state index in [0.717, 1.165) is 15.8 Å². The summed E-state index contributed by atoms with van der Waals surface area (Å²) in [5.41, 5.74) is 1.94. The van der Waals surface area contributed by atoms with Crippen LogP contribution in [0.25, 0.3) is 16.3 Å². The molecule has 0 aliphatic heterocycles. The largest absolute Gasteiger partial charge is 0.343 e. The Morgan fingerprint density at radius 2 is 1.84 bits per heavy atom. The van der Waals surface area contributed by atoms with Gasteiger partial charge in [-0.1, -0.05) is 53.8 Å². The van der Waals surface area contributed by atoms with Crippen LogP contribution in [0.3, 0.4) is 0 Å². The van der Waals surface area contributed by atoms with Crippen molar-refractivity contribution in [2.45, 2.75) is 0 Å². The molecular weight excluding hydrogens is 334 g/mol. The minimum atomic E-state index is -0.386. The molecule has 0 radical (unpaired) electrons. The van der Waals surface area contributed by atoms with E-state index < -0.39 is 0 Å². The number of benzene rings is 2. The summed E-state index contributed by atoms with van der Waals surface area (Å²) in [4.78, 5) is 28.5. The Labute approximate surface area is 149 Å². The van der Waals surface area contributed by atoms with Crippen LogP contribution in [0.4, 0.5) is 0 Å². The summed E-state index contributed by atoms with van der Waals surface area (Å²) >= 11 is 1.44. The number of carbonyl (C=O) groups excluding carboxylic acids is 2. The molecule has 2 amide bonds. The van der Waals surface area contributed by atoms with Crippen LogP contribution in [0.5, 0.6) is 0 Å². The fraction of sp³-hybridized carbons (Fsp3) is 0.105. The first-order valence-electron chi connectivity index (χ1n) is 7.76. The number of fused-ring (bicyclic) bond motifs is 1. The van der Waals surface area contributed by atoms with E-state index in [0.29, 0.717) is 4.80 Å². The molecule has 5 nitrogen and oxygen atoms in total. The number of hydrogen-bond acceptors (Lipinski definition) is 3. The number of aromatic nitrogens is 1. The number of amides is 2. The van der Waals surface area contributed by atoms with Crippen LogP contribution in [-0.4, -0.2) is 22.9 Å². The van der Waals surface area contributed by atoms with Crippen molar-refractivity contribution in [3.63, 3.8) is 0 Å². The number of nitrogens with zero attached hydrogens (tertiary/aromatic N) is 2. The average molecular weight is 351 g/mol. The van der Waals surface area contributed by atoms with Crippen LogP contribution in [0, 0.1) is 0 Å². The molecule has 0 aliphatic rings. The highest BCUT2D eigenvalue weighted by molar-refractivity contribution is 7.16. The summed E-state index contributed by atoms with van der Waals surface area (Å²) < 4.78 is 2.93. The molecule has 0 saturated heterocycles. The van der Waals surface area contributed by atoms with E-state index in [9.17, 15) is 9.59 Å². The molecule has 1 heterocycles. The van der Waals surface area contributed by atoms with Gasteiger partial charge in [0.1, 0.15) is 0 Å². The highest BCUT2D eigenvalue weighted by Crippen LogP contribution is 2.15. The first-order valence-corrected chi connectivity index (χ1v) is 8.58. The molecular formula is C19H17N3O2S. The van der Waals surface area contributed by atoms with Gasteiger partial charge in [0.25, 0.3) is 5.91 Å². The van der Waals surface area contributed by atoms with Gasteiger partial charge >= 0.3 is 0 Å².